The topological polar surface area (TPSA) is 38.0 Å². The Labute approximate surface area is 117 Å². The van der Waals surface area contributed by atoms with E-state index < -0.39 is 0 Å². The lowest BCUT2D eigenvalue weighted by molar-refractivity contribution is 0.443. The predicted octanol–water partition coefficient (Wildman–Crippen LogP) is 4.27. The van der Waals surface area contributed by atoms with Crippen molar-refractivity contribution in [1.82, 2.24) is 0 Å². The van der Waals surface area contributed by atoms with E-state index in [0.29, 0.717) is 6.04 Å². The lowest BCUT2D eigenvalue weighted by Gasteiger charge is -2.22. The van der Waals surface area contributed by atoms with Crippen LogP contribution in [0.25, 0.3) is 0 Å². The molecule has 0 aromatic heterocycles. The van der Waals surface area contributed by atoms with Gasteiger partial charge in [-0.05, 0) is 56.2 Å². The van der Waals surface area contributed by atoms with Crippen LogP contribution in [0.4, 0.5) is 5.69 Å². The van der Waals surface area contributed by atoms with Gasteiger partial charge in [0.05, 0.1) is 0 Å². The summed E-state index contributed by atoms with van der Waals surface area (Å²) >= 11 is 0. The zero-order valence-electron chi connectivity index (χ0n) is 12.2. The molecule has 106 valence electrons. The molecule has 1 aliphatic rings. The molecule has 0 heterocycles. The van der Waals surface area contributed by atoms with Crippen LogP contribution in [0.2, 0.25) is 0 Å². The van der Waals surface area contributed by atoms with Crippen molar-refractivity contribution in [3.8, 4) is 0 Å². The van der Waals surface area contributed by atoms with E-state index >= 15 is 0 Å². The van der Waals surface area contributed by atoms with E-state index in [1.54, 1.807) is 0 Å². The molecule has 1 atom stereocenters. The maximum atomic E-state index is 5.75. The maximum absolute atomic E-state index is 5.75. The van der Waals surface area contributed by atoms with E-state index in [2.05, 4.69) is 36.5 Å². The highest BCUT2D eigenvalue weighted by Crippen LogP contribution is 2.32. The van der Waals surface area contributed by atoms with Gasteiger partial charge in [-0.25, -0.2) is 0 Å². The Kier molecular flexibility index (Phi) is 5.71. The number of rotatable bonds is 6. The summed E-state index contributed by atoms with van der Waals surface area (Å²) in [5.41, 5.74) is 8.52. The normalized spacial score (nSPS) is 18.2. The Hall–Kier alpha value is -1.02. The van der Waals surface area contributed by atoms with Crippen LogP contribution in [0.1, 0.15) is 63.4 Å². The van der Waals surface area contributed by atoms with Gasteiger partial charge in [-0.15, -0.1) is 0 Å². The third-order valence-electron chi connectivity index (χ3n) is 4.15. The minimum atomic E-state index is 0.315. The number of hydrogen-bond acceptors (Lipinski definition) is 2. The van der Waals surface area contributed by atoms with Gasteiger partial charge < -0.3 is 11.1 Å². The molecule has 0 spiro atoms. The third kappa shape index (κ3) is 4.87. The van der Waals surface area contributed by atoms with Gasteiger partial charge in [0.2, 0.25) is 0 Å². The van der Waals surface area contributed by atoms with Gasteiger partial charge in [0.1, 0.15) is 0 Å². The fraction of sp³-hybridized carbons (Fsp3) is 0.647. The van der Waals surface area contributed by atoms with Crippen LogP contribution in [-0.2, 0) is 0 Å². The van der Waals surface area contributed by atoms with Crippen LogP contribution in [0, 0.1) is 0 Å². The van der Waals surface area contributed by atoms with Crippen LogP contribution in [0.5, 0.6) is 0 Å². The summed E-state index contributed by atoms with van der Waals surface area (Å²) in [4.78, 5) is 0. The molecule has 1 aromatic rings. The van der Waals surface area contributed by atoms with Gasteiger partial charge in [0.25, 0.3) is 0 Å². The first-order chi connectivity index (χ1) is 9.25. The summed E-state index contributed by atoms with van der Waals surface area (Å²) in [6.07, 6.45) is 9.22. The van der Waals surface area contributed by atoms with Crippen molar-refractivity contribution < 1.29 is 0 Å². The number of nitrogens with one attached hydrogen (secondary N) is 1. The van der Waals surface area contributed by atoms with Crippen molar-refractivity contribution in [3.05, 3.63) is 29.8 Å². The predicted molar refractivity (Wildman–Crippen MR) is 83.6 cm³/mol. The van der Waals surface area contributed by atoms with Gasteiger partial charge >= 0.3 is 0 Å². The van der Waals surface area contributed by atoms with Crippen molar-refractivity contribution in [2.24, 2.45) is 5.73 Å². The van der Waals surface area contributed by atoms with E-state index in [1.807, 2.05) is 0 Å². The summed E-state index contributed by atoms with van der Waals surface area (Å²) < 4.78 is 0. The molecule has 1 aliphatic carbocycles. The molecule has 0 amide bonds. The number of benzene rings is 1. The van der Waals surface area contributed by atoms with Crippen LogP contribution >= 0.6 is 0 Å². The van der Waals surface area contributed by atoms with Gasteiger partial charge in [-0.3, -0.25) is 0 Å². The smallest absolute Gasteiger partial charge is 0.0340 e. The van der Waals surface area contributed by atoms with Crippen molar-refractivity contribution in [2.75, 3.05) is 11.9 Å². The first-order valence-corrected chi connectivity index (χ1v) is 7.85. The van der Waals surface area contributed by atoms with E-state index in [1.165, 1.54) is 43.4 Å². The Balaban J connectivity index is 1.77. The quantitative estimate of drug-likeness (QED) is 0.749. The highest BCUT2D eigenvalue weighted by Gasteiger charge is 2.14. The monoisotopic (exact) mass is 260 g/mol. The largest absolute Gasteiger partial charge is 0.385 e. The fourth-order valence-corrected chi connectivity index (χ4v) is 2.97. The lowest BCUT2D eigenvalue weighted by Crippen LogP contribution is -2.16. The molecule has 3 N–H and O–H groups in total. The molecular weight excluding hydrogens is 232 g/mol. The van der Waals surface area contributed by atoms with E-state index in [9.17, 15) is 0 Å². The maximum Gasteiger partial charge on any atom is 0.0340 e. The molecule has 0 saturated heterocycles. The van der Waals surface area contributed by atoms with Crippen molar-refractivity contribution in [1.29, 1.82) is 0 Å². The summed E-state index contributed by atoms with van der Waals surface area (Å²) in [7, 11) is 0. The molecule has 1 unspecified atom stereocenters. The zero-order valence-corrected chi connectivity index (χ0v) is 12.2. The number of hydrogen-bond donors (Lipinski definition) is 2. The molecule has 19 heavy (non-hydrogen) atoms. The first kappa shape index (κ1) is 14.4. The summed E-state index contributed by atoms with van der Waals surface area (Å²) in [5, 5.41) is 3.47. The van der Waals surface area contributed by atoms with Gasteiger partial charge in [0, 0.05) is 18.3 Å². The average Bonchev–Trinajstić information content (AvgIpc) is 2.45. The highest BCUT2D eigenvalue weighted by atomic mass is 14.9. The van der Waals surface area contributed by atoms with E-state index in [-0.39, 0.29) is 0 Å². The molecule has 2 nitrogen and oxygen atoms in total. The standard InChI is InChI=1S/C17H28N2/c1-14(18)6-5-13-19-17-11-9-16(10-12-17)15-7-3-2-4-8-15/h9-12,14-15,19H,2-8,13,18H2,1H3. The molecule has 0 bridgehead atoms. The van der Waals surface area contributed by atoms with Crippen LogP contribution in [0.3, 0.4) is 0 Å². The van der Waals surface area contributed by atoms with E-state index in [4.69, 9.17) is 5.73 Å². The Morgan fingerprint density at radius 3 is 2.47 bits per heavy atom. The van der Waals surface area contributed by atoms with Crippen molar-refractivity contribution >= 4 is 5.69 Å². The molecular formula is C17H28N2. The number of anilines is 1. The first-order valence-electron chi connectivity index (χ1n) is 7.85. The second kappa shape index (κ2) is 7.54. The molecule has 2 rings (SSSR count). The van der Waals surface area contributed by atoms with Crippen LogP contribution < -0.4 is 11.1 Å². The molecule has 1 aromatic carbocycles. The van der Waals surface area contributed by atoms with Crippen molar-refractivity contribution in [2.45, 2.75) is 63.8 Å². The van der Waals surface area contributed by atoms with Gasteiger partial charge in [-0.1, -0.05) is 31.4 Å². The SMILES string of the molecule is CC(N)CCCNc1ccc(C2CCCCC2)cc1. The molecule has 0 radical (unpaired) electrons. The minimum absolute atomic E-state index is 0.315. The second-order valence-corrected chi connectivity index (χ2v) is 6.00. The molecule has 2 heteroatoms. The lowest BCUT2D eigenvalue weighted by atomic mass is 9.84. The Bertz CT molecular complexity index is 350. The minimum Gasteiger partial charge on any atom is -0.385 e. The van der Waals surface area contributed by atoms with Crippen LogP contribution in [-0.4, -0.2) is 12.6 Å². The zero-order chi connectivity index (χ0) is 13.5. The van der Waals surface area contributed by atoms with Gasteiger partial charge in [-0.2, -0.15) is 0 Å². The third-order valence-corrected chi connectivity index (χ3v) is 4.15. The molecule has 1 saturated carbocycles. The average molecular weight is 260 g/mol. The fourth-order valence-electron chi connectivity index (χ4n) is 2.97. The summed E-state index contributed by atoms with van der Waals surface area (Å²) in [5.74, 6) is 0.806. The summed E-state index contributed by atoms with van der Waals surface area (Å²) in [6.45, 7) is 3.09. The summed E-state index contributed by atoms with van der Waals surface area (Å²) in [6, 6.07) is 9.40. The van der Waals surface area contributed by atoms with Crippen molar-refractivity contribution in [3.63, 3.8) is 0 Å². The Morgan fingerprint density at radius 2 is 1.84 bits per heavy atom. The van der Waals surface area contributed by atoms with Gasteiger partial charge in [0.15, 0.2) is 0 Å². The highest BCUT2D eigenvalue weighted by molar-refractivity contribution is 5.45. The second-order valence-electron chi connectivity index (χ2n) is 6.00. The van der Waals surface area contributed by atoms with E-state index in [0.717, 1.165) is 25.3 Å². The molecule has 1 fully saturated rings. The molecule has 0 aliphatic heterocycles. The Morgan fingerprint density at radius 1 is 1.16 bits per heavy atom. The number of nitrogens with two attached hydrogens (primary N) is 1. The van der Waals surface area contributed by atoms with Crippen LogP contribution in [0.15, 0.2) is 24.3 Å².